The van der Waals surface area contributed by atoms with Crippen LogP contribution in [-0.4, -0.2) is 30.0 Å². The standard InChI is InChI=1S/C12H12ClN3O3/c13-8-5-7(1-2-9(8)14)12-15-11(16-19-12)10-6-17-3-4-18-10/h1-2,5,10H,3-4,6,14H2. The van der Waals surface area contributed by atoms with Crippen molar-refractivity contribution in [2.45, 2.75) is 6.10 Å². The van der Waals surface area contributed by atoms with Gasteiger partial charge in [0.2, 0.25) is 5.82 Å². The molecule has 0 bridgehead atoms. The molecule has 1 unspecified atom stereocenters. The molecule has 2 heterocycles. The van der Waals surface area contributed by atoms with Crippen LogP contribution in [0.15, 0.2) is 22.7 Å². The third kappa shape index (κ3) is 2.56. The Hall–Kier alpha value is -1.63. The van der Waals surface area contributed by atoms with Gasteiger partial charge in [-0.2, -0.15) is 4.98 Å². The lowest BCUT2D eigenvalue weighted by Crippen LogP contribution is -2.22. The molecule has 19 heavy (non-hydrogen) atoms. The number of benzene rings is 1. The number of aromatic nitrogens is 2. The van der Waals surface area contributed by atoms with Gasteiger partial charge in [0.05, 0.1) is 30.5 Å². The molecule has 0 amide bonds. The van der Waals surface area contributed by atoms with Crippen molar-refractivity contribution in [3.63, 3.8) is 0 Å². The molecule has 2 N–H and O–H groups in total. The Morgan fingerprint density at radius 2 is 2.21 bits per heavy atom. The van der Waals surface area contributed by atoms with Gasteiger partial charge in [0.1, 0.15) is 6.10 Å². The second-order valence-corrected chi connectivity index (χ2v) is 4.54. The molecule has 0 aliphatic carbocycles. The fourth-order valence-electron chi connectivity index (χ4n) is 1.78. The van der Waals surface area contributed by atoms with E-state index in [1.54, 1.807) is 18.2 Å². The molecule has 1 aromatic carbocycles. The second kappa shape index (κ2) is 5.16. The van der Waals surface area contributed by atoms with Crippen LogP contribution in [0.5, 0.6) is 0 Å². The largest absolute Gasteiger partial charge is 0.398 e. The summed E-state index contributed by atoms with van der Waals surface area (Å²) >= 11 is 5.96. The molecule has 1 atom stereocenters. The smallest absolute Gasteiger partial charge is 0.258 e. The Bertz CT molecular complexity index is 581. The minimum atomic E-state index is -0.282. The Balaban J connectivity index is 1.85. The van der Waals surface area contributed by atoms with E-state index >= 15 is 0 Å². The first-order valence-corrected chi connectivity index (χ1v) is 6.20. The van der Waals surface area contributed by atoms with Crippen LogP contribution in [0.2, 0.25) is 5.02 Å². The number of anilines is 1. The van der Waals surface area contributed by atoms with Crippen molar-refractivity contribution in [2.24, 2.45) is 0 Å². The highest BCUT2D eigenvalue weighted by Crippen LogP contribution is 2.27. The van der Waals surface area contributed by atoms with E-state index in [-0.39, 0.29) is 6.10 Å². The molecule has 100 valence electrons. The van der Waals surface area contributed by atoms with Gasteiger partial charge in [-0.05, 0) is 18.2 Å². The summed E-state index contributed by atoms with van der Waals surface area (Å²) in [5.41, 5.74) is 6.88. The quantitative estimate of drug-likeness (QED) is 0.848. The van der Waals surface area contributed by atoms with E-state index in [4.69, 9.17) is 31.3 Å². The molecule has 1 aliphatic heterocycles. The zero-order valence-corrected chi connectivity index (χ0v) is 10.8. The van der Waals surface area contributed by atoms with E-state index in [2.05, 4.69) is 10.1 Å². The summed E-state index contributed by atoms with van der Waals surface area (Å²) in [7, 11) is 0. The Morgan fingerprint density at radius 1 is 1.32 bits per heavy atom. The molecule has 1 aliphatic rings. The van der Waals surface area contributed by atoms with E-state index in [1.807, 2.05) is 0 Å². The fraction of sp³-hybridized carbons (Fsp3) is 0.333. The summed E-state index contributed by atoms with van der Waals surface area (Å²) in [6, 6.07) is 5.16. The summed E-state index contributed by atoms with van der Waals surface area (Å²) in [6.07, 6.45) is -0.282. The molecule has 0 spiro atoms. The van der Waals surface area contributed by atoms with Gasteiger partial charge in [-0.1, -0.05) is 16.8 Å². The second-order valence-electron chi connectivity index (χ2n) is 4.13. The maximum Gasteiger partial charge on any atom is 0.258 e. The average molecular weight is 282 g/mol. The van der Waals surface area contributed by atoms with Crippen LogP contribution in [0, 0.1) is 0 Å². The number of hydrogen-bond acceptors (Lipinski definition) is 6. The van der Waals surface area contributed by atoms with Gasteiger partial charge in [-0.3, -0.25) is 0 Å². The lowest BCUT2D eigenvalue weighted by atomic mass is 10.2. The molecule has 0 radical (unpaired) electrons. The molecule has 1 aromatic heterocycles. The average Bonchev–Trinajstić information content (AvgIpc) is 2.93. The molecule has 3 rings (SSSR count). The molecule has 0 saturated carbocycles. The van der Waals surface area contributed by atoms with Crippen molar-refractivity contribution >= 4 is 17.3 Å². The summed E-state index contributed by atoms with van der Waals surface area (Å²) in [6.45, 7) is 1.55. The SMILES string of the molecule is Nc1ccc(-c2nc(C3COCCO3)no2)cc1Cl. The van der Waals surface area contributed by atoms with Crippen LogP contribution in [0.3, 0.4) is 0 Å². The maximum absolute atomic E-state index is 5.96. The van der Waals surface area contributed by atoms with Crippen molar-refractivity contribution in [1.82, 2.24) is 10.1 Å². The van der Waals surface area contributed by atoms with E-state index in [0.29, 0.717) is 42.2 Å². The molecular formula is C12H12ClN3O3. The normalized spacial score (nSPS) is 19.5. The molecule has 1 fully saturated rings. The van der Waals surface area contributed by atoms with Crippen LogP contribution in [-0.2, 0) is 9.47 Å². The van der Waals surface area contributed by atoms with E-state index in [9.17, 15) is 0 Å². The van der Waals surface area contributed by atoms with Crippen LogP contribution in [0.1, 0.15) is 11.9 Å². The number of nitrogens with two attached hydrogens (primary N) is 1. The zero-order chi connectivity index (χ0) is 13.2. The molecule has 2 aromatic rings. The first-order chi connectivity index (χ1) is 9.24. The van der Waals surface area contributed by atoms with E-state index < -0.39 is 0 Å². The van der Waals surface area contributed by atoms with Gasteiger partial charge in [0.15, 0.2) is 0 Å². The Kier molecular flexibility index (Phi) is 3.37. The third-order valence-corrected chi connectivity index (χ3v) is 3.12. The van der Waals surface area contributed by atoms with Crippen molar-refractivity contribution < 1.29 is 14.0 Å². The topological polar surface area (TPSA) is 83.4 Å². The van der Waals surface area contributed by atoms with Crippen LogP contribution < -0.4 is 5.73 Å². The minimum Gasteiger partial charge on any atom is -0.398 e. The first-order valence-electron chi connectivity index (χ1n) is 5.82. The lowest BCUT2D eigenvalue weighted by molar-refractivity contribution is -0.0941. The molecule has 6 nitrogen and oxygen atoms in total. The number of ether oxygens (including phenoxy) is 2. The van der Waals surface area contributed by atoms with Gasteiger partial charge in [-0.15, -0.1) is 0 Å². The highest BCUT2D eigenvalue weighted by molar-refractivity contribution is 6.33. The zero-order valence-electron chi connectivity index (χ0n) is 10.0. The number of nitrogens with zero attached hydrogens (tertiary/aromatic N) is 2. The van der Waals surface area contributed by atoms with Crippen molar-refractivity contribution in [1.29, 1.82) is 0 Å². The third-order valence-electron chi connectivity index (χ3n) is 2.79. The first kappa shape index (κ1) is 12.4. The summed E-state index contributed by atoms with van der Waals surface area (Å²) in [5.74, 6) is 0.855. The summed E-state index contributed by atoms with van der Waals surface area (Å²) in [5, 5.41) is 4.36. The maximum atomic E-state index is 5.96. The van der Waals surface area contributed by atoms with Crippen molar-refractivity contribution in [3.8, 4) is 11.5 Å². The summed E-state index contributed by atoms with van der Waals surface area (Å²) in [4.78, 5) is 4.29. The Morgan fingerprint density at radius 3 is 2.95 bits per heavy atom. The number of halogens is 1. The van der Waals surface area contributed by atoms with Crippen LogP contribution >= 0.6 is 11.6 Å². The molecule has 7 heteroatoms. The number of nitrogen functional groups attached to an aromatic ring is 1. The fourth-order valence-corrected chi connectivity index (χ4v) is 1.96. The Labute approximate surface area is 114 Å². The number of rotatable bonds is 2. The number of hydrogen-bond donors (Lipinski definition) is 1. The van der Waals surface area contributed by atoms with Gasteiger partial charge in [-0.25, -0.2) is 0 Å². The van der Waals surface area contributed by atoms with Gasteiger partial charge >= 0.3 is 0 Å². The predicted octanol–water partition coefficient (Wildman–Crippen LogP) is 2.06. The van der Waals surface area contributed by atoms with Gasteiger partial charge in [0.25, 0.3) is 5.89 Å². The van der Waals surface area contributed by atoms with Gasteiger partial charge in [0, 0.05) is 5.56 Å². The lowest BCUT2D eigenvalue weighted by Gasteiger charge is -2.19. The summed E-state index contributed by atoms with van der Waals surface area (Å²) < 4.78 is 16.0. The van der Waals surface area contributed by atoms with Crippen molar-refractivity contribution in [2.75, 3.05) is 25.6 Å². The molecule has 1 saturated heterocycles. The van der Waals surface area contributed by atoms with E-state index in [0.717, 1.165) is 5.56 Å². The van der Waals surface area contributed by atoms with Crippen molar-refractivity contribution in [3.05, 3.63) is 29.0 Å². The van der Waals surface area contributed by atoms with Crippen LogP contribution in [0.4, 0.5) is 5.69 Å². The monoisotopic (exact) mass is 281 g/mol. The molecular weight excluding hydrogens is 270 g/mol. The predicted molar refractivity (Wildman–Crippen MR) is 68.7 cm³/mol. The minimum absolute atomic E-state index is 0.282. The van der Waals surface area contributed by atoms with E-state index in [1.165, 1.54) is 0 Å². The highest BCUT2D eigenvalue weighted by Gasteiger charge is 2.22. The van der Waals surface area contributed by atoms with Crippen LogP contribution in [0.25, 0.3) is 11.5 Å². The highest BCUT2D eigenvalue weighted by atomic mass is 35.5. The van der Waals surface area contributed by atoms with Gasteiger partial charge < -0.3 is 19.7 Å².